The number of hydrogen-bond donors (Lipinski definition) is 0. The van der Waals surface area contributed by atoms with Crippen LogP contribution in [0.25, 0.3) is 22.3 Å². The van der Waals surface area contributed by atoms with Gasteiger partial charge in [-0.3, -0.25) is 0 Å². The zero-order chi connectivity index (χ0) is 37.0. The Kier molecular flexibility index (Phi) is 15.3. The van der Waals surface area contributed by atoms with Gasteiger partial charge in [0.25, 0.3) is 0 Å². The summed E-state index contributed by atoms with van der Waals surface area (Å²) in [5.41, 5.74) is -6.94. The summed E-state index contributed by atoms with van der Waals surface area (Å²) in [7, 11) is -18.3. The monoisotopic (exact) mass is 954 g/mol. The molecule has 0 saturated heterocycles. The van der Waals surface area contributed by atoms with Crippen LogP contribution in [0, 0.1) is 0 Å². The van der Waals surface area contributed by atoms with Gasteiger partial charge in [0, 0.05) is 0 Å². The Balaban J connectivity index is 0.000000736. The van der Waals surface area contributed by atoms with E-state index in [0.717, 1.165) is 6.42 Å². The zero-order valence-electron chi connectivity index (χ0n) is 24.3. The fourth-order valence-corrected chi connectivity index (χ4v) is 3.58. The van der Waals surface area contributed by atoms with E-state index in [-0.39, 0.29) is 31.6 Å². The molecule has 0 aromatic heterocycles. The molecule has 1 aliphatic rings. The van der Waals surface area contributed by atoms with E-state index in [4.69, 9.17) is 38.9 Å². The minimum absolute atomic E-state index is 0. The van der Waals surface area contributed by atoms with Crippen LogP contribution in [0.3, 0.4) is 0 Å². The van der Waals surface area contributed by atoms with E-state index in [2.05, 4.69) is 87.5 Å². The normalized spacial score (nSPS) is 13.1. The Morgan fingerprint density at radius 3 is 1.21 bits per heavy atom. The Morgan fingerprint density at radius 2 is 0.854 bits per heavy atom. The average molecular weight is 955 g/mol. The van der Waals surface area contributed by atoms with E-state index < -0.39 is 46.9 Å². The summed E-state index contributed by atoms with van der Waals surface area (Å²) >= 11 is 0. The Bertz CT molecular complexity index is 1770. The smallest absolute Gasteiger partial charge is 0.741 e. The van der Waals surface area contributed by atoms with Crippen LogP contribution in [0.2, 0.25) is 0 Å². The molecule has 3 aromatic rings. The molecule has 0 bridgehead atoms. The maximum atomic E-state index is 10.7. The van der Waals surface area contributed by atoms with Gasteiger partial charge in [-0.2, -0.15) is 39.5 Å². The van der Waals surface area contributed by atoms with E-state index in [1.54, 1.807) is 0 Å². The van der Waals surface area contributed by atoms with Gasteiger partial charge in [0.15, 0.2) is 30.4 Å². The maximum Gasteiger partial charge on any atom is 3.00 e. The first-order valence-corrected chi connectivity index (χ1v) is 16.4. The third kappa shape index (κ3) is 13.2. The van der Waals surface area contributed by atoms with E-state index in [1.165, 1.54) is 38.9 Å². The molecule has 9 nitrogen and oxygen atoms in total. The van der Waals surface area contributed by atoms with Crippen molar-refractivity contribution in [1.82, 2.24) is 0 Å². The van der Waals surface area contributed by atoms with Gasteiger partial charge in [-0.15, -0.1) is 0 Å². The van der Waals surface area contributed by atoms with Gasteiger partial charge in [0.05, 0.1) is 0 Å². The standard InChI is InChI=1S/C23H22.3CHF3O3S.Bi/c1-23(2,3)18-13-11-16(12-14-18)19-9-6-10-21-20-8-5-4-7-17(20)15-22(19)21;3*2-1(3,4)8(5,6)7;/h4-14H,15H2,1-3H3;3*(H,5,6,7);/q;;;;+3/p-3. The van der Waals surface area contributed by atoms with Gasteiger partial charge in [-0.1, -0.05) is 87.5 Å². The van der Waals surface area contributed by atoms with Gasteiger partial charge < -0.3 is 13.7 Å². The fraction of sp³-hybridized carbons (Fsp3) is 0.308. The van der Waals surface area contributed by atoms with Crippen LogP contribution in [-0.4, -0.2) is 81.6 Å². The van der Waals surface area contributed by atoms with Crippen molar-refractivity contribution in [3.8, 4) is 22.3 Å². The number of halogens is 9. The van der Waals surface area contributed by atoms with Crippen LogP contribution in [-0.2, 0) is 42.2 Å². The van der Waals surface area contributed by atoms with Crippen molar-refractivity contribution < 1.29 is 78.4 Å². The second-order valence-corrected chi connectivity index (χ2v) is 14.3. The quantitative estimate of drug-likeness (QED) is 0.0962. The minimum Gasteiger partial charge on any atom is -0.741 e. The fourth-order valence-electron chi connectivity index (χ4n) is 3.58. The summed E-state index contributed by atoms with van der Waals surface area (Å²) in [6.45, 7) is 6.79. The molecule has 3 aromatic carbocycles. The van der Waals surface area contributed by atoms with Crippen LogP contribution in [0.1, 0.15) is 37.5 Å². The van der Waals surface area contributed by atoms with Crippen LogP contribution in [0.5, 0.6) is 0 Å². The summed E-state index contributed by atoms with van der Waals surface area (Å²) < 4.78 is 177. The predicted octanol–water partition coefficient (Wildman–Crippen LogP) is 6.00. The predicted molar refractivity (Wildman–Crippen MR) is 152 cm³/mol. The van der Waals surface area contributed by atoms with Crippen molar-refractivity contribution in [3.05, 3.63) is 83.4 Å². The Labute approximate surface area is 288 Å². The summed E-state index contributed by atoms with van der Waals surface area (Å²) in [5, 5.41) is 0. The first-order valence-electron chi connectivity index (χ1n) is 12.2. The SMILES string of the molecule is CC(C)(C)c1ccc(-c2cccc3c2Cc2ccccc2-3)cc1.O=S(=O)([O-])C(F)(F)F.O=S(=O)([O-])C(F)(F)F.O=S(=O)([O-])C(F)(F)F.[Bi+3]. The third-order valence-corrected chi connectivity index (χ3v) is 7.46. The summed E-state index contributed by atoms with van der Waals surface area (Å²) in [4.78, 5) is 0. The van der Waals surface area contributed by atoms with Gasteiger partial charge in [0.2, 0.25) is 0 Å². The Morgan fingerprint density at radius 1 is 0.521 bits per heavy atom. The van der Waals surface area contributed by atoms with Crippen LogP contribution in [0.15, 0.2) is 66.7 Å². The first-order chi connectivity index (χ1) is 20.8. The second kappa shape index (κ2) is 16.1. The maximum absolute atomic E-state index is 10.7. The molecule has 0 spiro atoms. The first kappa shape index (κ1) is 45.6. The van der Waals surface area contributed by atoms with E-state index in [0.29, 0.717) is 0 Å². The van der Waals surface area contributed by atoms with Crippen molar-refractivity contribution >= 4 is 56.6 Å². The number of alkyl halides is 9. The van der Waals surface area contributed by atoms with Crippen molar-refractivity contribution in [3.63, 3.8) is 0 Å². The second-order valence-electron chi connectivity index (χ2n) is 10.2. The molecule has 4 rings (SSSR count). The largest absolute Gasteiger partial charge is 3.00 e. The van der Waals surface area contributed by atoms with E-state index >= 15 is 0 Å². The molecule has 0 unspecified atom stereocenters. The molecule has 0 N–H and O–H groups in total. The molecule has 0 amide bonds. The molecule has 0 fully saturated rings. The molecule has 2 radical (unpaired) electrons. The average Bonchev–Trinajstić information content (AvgIpc) is 3.25. The summed E-state index contributed by atoms with van der Waals surface area (Å²) in [6.07, 6.45) is 1.04. The number of rotatable bonds is 1. The molecule has 0 saturated carbocycles. The number of benzene rings is 3. The summed E-state index contributed by atoms with van der Waals surface area (Å²) in [6, 6.07) is 24.6. The molecule has 22 heteroatoms. The van der Waals surface area contributed by atoms with Crippen molar-refractivity contribution in [1.29, 1.82) is 0 Å². The van der Waals surface area contributed by atoms with Gasteiger partial charge >= 0.3 is 42.7 Å². The minimum atomic E-state index is -6.09. The van der Waals surface area contributed by atoms with E-state index in [1.807, 2.05) is 0 Å². The van der Waals surface area contributed by atoms with Crippen molar-refractivity contribution in [2.45, 2.75) is 49.1 Å². The van der Waals surface area contributed by atoms with Crippen LogP contribution < -0.4 is 0 Å². The van der Waals surface area contributed by atoms with Gasteiger partial charge in [-0.25, -0.2) is 25.3 Å². The van der Waals surface area contributed by atoms with Gasteiger partial charge in [0.1, 0.15) is 0 Å². The van der Waals surface area contributed by atoms with Crippen LogP contribution >= 0.6 is 0 Å². The molecule has 0 aliphatic heterocycles. The Hall–Kier alpha value is -2.36. The molecule has 1 aliphatic carbocycles. The summed E-state index contributed by atoms with van der Waals surface area (Å²) in [5.74, 6) is 0. The molecule has 48 heavy (non-hydrogen) atoms. The molecule has 0 heterocycles. The van der Waals surface area contributed by atoms with Gasteiger partial charge in [-0.05, 0) is 50.8 Å². The van der Waals surface area contributed by atoms with E-state index in [9.17, 15) is 39.5 Å². The van der Waals surface area contributed by atoms with Crippen LogP contribution in [0.4, 0.5) is 39.5 Å². The number of hydrogen-bond acceptors (Lipinski definition) is 9. The topological polar surface area (TPSA) is 172 Å². The molecular formula is C26H22BiF9O9S3. The molecular weight excluding hydrogens is 932 g/mol. The zero-order valence-corrected chi connectivity index (χ0v) is 30.2. The van der Waals surface area contributed by atoms with Crippen molar-refractivity contribution in [2.75, 3.05) is 0 Å². The number of fused-ring (bicyclic) bond motifs is 3. The molecule has 0 atom stereocenters. The molecule has 266 valence electrons. The third-order valence-electron chi connectivity index (χ3n) is 5.76. The van der Waals surface area contributed by atoms with Crippen molar-refractivity contribution in [2.24, 2.45) is 0 Å².